The summed E-state index contributed by atoms with van der Waals surface area (Å²) in [5.74, 6) is 4.38. The molecule has 0 bridgehead atoms. The molecule has 2 N–H and O–H groups in total. The van der Waals surface area contributed by atoms with E-state index in [9.17, 15) is 9.18 Å². The highest BCUT2D eigenvalue weighted by Crippen LogP contribution is 2.13. The molecule has 0 fully saturated rings. The first kappa shape index (κ1) is 14.8. The Morgan fingerprint density at radius 3 is 2.67 bits per heavy atom. The van der Waals surface area contributed by atoms with E-state index in [4.69, 9.17) is 5.11 Å². The number of aliphatic hydroxyl groups excluding tert-OH is 1. The minimum absolute atomic E-state index is 0.0322. The van der Waals surface area contributed by atoms with Crippen LogP contribution in [0.3, 0.4) is 0 Å². The zero-order valence-electron chi connectivity index (χ0n) is 11.3. The van der Waals surface area contributed by atoms with Crippen LogP contribution in [0.15, 0.2) is 48.5 Å². The molecule has 4 heteroatoms. The van der Waals surface area contributed by atoms with Crippen molar-refractivity contribution in [2.24, 2.45) is 0 Å². The summed E-state index contributed by atoms with van der Waals surface area (Å²) in [5, 5.41) is 11.3. The molecular weight excluding hydrogens is 269 g/mol. The van der Waals surface area contributed by atoms with Crippen LogP contribution in [0.1, 0.15) is 22.3 Å². The van der Waals surface area contributed by atoms with E-state index in [1.165, 1.54) is 18.2 Å². The van der Waals surface area contributed by atoms with Crippen LogP contribution in [-0.4, -0.2) is 17.6 Å². The monoisotopic (exact) mass is 283 g/mol. The molecule has 0 aromatic heterocycles. The lowest BCUT2D eigenvalue weighted by atomic mass is 10.1. The average molecular weight is 283 g/mol. The van der Waals surface area contributed by atoms with E-state index in [1.807, 2.05) is 6.07 Å². The van der Waals surface area contributed by atoms with Crippen LogP contribution in [0.4, 0.5) is 10.1 Å². The summed E-state index contributed by atoms with van der Waals surface area (Å²) in [6.07, 6.45) is 0.336. The number of anilines is 1. The second-order valence-electron chi connectivity index (χ2n) is 4.29. The molecular formula is C17H14FNO2. The van der Waals surface area contributed by atoms with Crippen LogP contribution >= 0.6 is 0 Å². The Morgan fingerprint density at radius 1 is 1.19 bits per heavy atom. The molecule has 0 radical (unpaired) electrons. The number of benzene rings is 2. The number of hydrogen-bond donors (Lipinski definition) is 2. The van der Waals surface area contributed by atoms with Crippen molar-refractivity contribution in [3.8, 4) is 11.8 Å². The number of amides is 1. The van der Waals surface area contributed by atoms with Crippen molar-refractivity contribution < 1.29 is 14.3 Å². The van der Waals surface area contributed by atoms with E-state index in [-0.39, 0.29) is 12.2 Å². The molecule has 21 heavy (non-hydrogen) atoms. The predicted octanol–water partition coefficient (Wildman–Crippen LogP) is 2.81. The molecule has 2 aromatic carbocycles. The average Bonchev–Trinajstić information content (AvgIpc) is 2.50. The van der Waals surface area contributed by atoms with Gasteiger partial charge in [-0.25, -0.2) is 4.39 Å². The molecule has 0 spiro atoms. The van der Waals surface area contributed by atoms with Crippen LogP contribution in [0.25, 0.3) is 0 Å². The molecule has 0 atom stereocenters. The topological polar surface area (TPSA) is 49.3 Å². The van der Waals surface area contributed by atoms with Crippen LogP contribution in [0.2, 0.25) is 0 Å². The van der Waals surface area contributed by atoms with Gasteiger partial charge in [0.1, 0.15) is 5.82 Å². The second-order valence-corrected chi connectivity index (χ2v) is 4.29. The second kappa shape index (κ2) is 7.22. The molecule has 0 aliphatic heterocycles. The summed E-state index contributed by atoms with van der Waals surface area (Å²) in [6.45, 7) is -0.0322. The molecule has 106 valence electrons. The Labute approximate surface area is 122 Å². The van der Waals surface area contributed by atoms with Gasteiger partial charge in [0.05, 0.1) is 12.2 Å². The van der Waals surface area contributed by atoms with Gasteiger partial charge in [-0.2, -0.15) is 0 Å². The van der Waals surface area contributed by atoms with E-state index in [1.54, 1.807) is 24.3 Å². The number of aliphatic hydroxyl groups is 1. The molecule has 0 saturated carbocycles. The molecule has 3 nitrogen and oxygen atoms in total. The molecule has 2 aromatic rings. The maximum atomic E-state index is 13.8. The van der Waals surface area contributed by atoms with E-state index >= 15 is 0 Å². The van der Waals surface area contributed by atoms with Crippen LogP contribution in [0.5, 0.6) is 0 Å². The first-order valence-corrected chi connectivity index (χ1v) is 6.46. The first-order valence-electron chi connectivity index (χ1n) is 6.46. The van der Waals surface area contributed by atoms with Gasteiger partial charge in [-0.05, 0) is 30.3 Å². The molecule has 0 aliphatic carbocycles. The summed E-state index contributed by atoms with van der Waals surface area (Å²) in [4.78, 5) is 12.1. The van der Waals surface area contributed by atoms with Crippen molar-refractivity contribution in [2.75, 3.05) is 11.9 Å². The van der Waals surface area contributed by atoms with Crippen molar-refractivity contribution in [3.05, 3.63) is 65.5 Å². The maximum Gasteiger partial charge on any atom is 0.258 e. The van der Waals surface area contributed by atoms with Gasteiger partial charge in [0.2, 0.25) is 0 Å². The van der Waals surface area contributed by atoms with Gasteiger partial charge in [-0.15, -0.1) is 0 Å². The van der Waals surface area contributed by atoms with E-state index in [0.29, 0.717) is 17.7 Å². The Bertz CT molecular complexity index is 687. The maximum absolute atomic E-state index is 13.8. The third-order valence-corrected chi connectivity index (χ3v) is 2.71. The number of halogens is 1. The smallest absolute Gasteiger partial charge is 0.258 e. The van der Waals surface area contributed by atoms with E-state index in [2.05, 4.69) is 17.2 Å². The van der Waals surface area contributed by atoms with Gasteiger partial charge < -0.3 is 10.4 Å². The van der Waals surface area contributed by atoms with Gasteiger partial charge in [0.25, 0.3) is 5.91 Å². The first-order chi connectivity index (χ1) is 10.2. The Balaban J connectivity index is 2.20. The fraction of sp³-hybridized carbons (Fsp3) is 0.118. The number of carbonyl (C=O) groups is 1. The summed E-state index contributed by atoms with van der Waals surface area (Å²) < 4.78 is 13.8. The number of nitrogens with one attached hydrogen (secondary N) is 1. The number of carbonyl (C=O) groups excluding carboxylic acids is 1. The number of rotatable bonds is 3. The SMILES string of the molecule is O=C(Nc1ccccc1)c1cc(C#CCCO)ccc1F. The highest BCUT2D eigenvalue weighted by Gasteiger charge is 2.12. The van der Waals surface area contributed by atoms with Gasteiger partial charge in [0.15, 0.2) is 0 Å². The lowest BCUT2D eigenvalue weighted by molar-refractivity contribution is 0.102. The quantitative estimate of drug-likeness (QED) is 0.851. The van der Waals surface area contributed by atoms with Crippen molar-refractivity contribution in [1.82, 2.24) is 0 Å². The van der Waals surface area contributed by atoms with Crippen LogP contribution in [0, 0.1) is 17.7 Å². The fourth-order valence-corrected chi connectivity index (χ4v) is 1.72. The minimum atomic E-state index is -0.601. The summed E-state index contributed by atoms with van der Waals surface area (Å²) in [6, 6.07) is 12.9. The highest BCUT2D eigenvalue weighted by molar-refractivity contribution is 6.04. The minimum Gasteiger partial charge on any atom is -0.395 e. The van der Waals surface area contributed by atoms with E-state index in [0.717, 1.165) is 0 Å². The third-order valence-electron chi connectivity index (χ3n) is 2.71. The lowest BCUT2D eigenvalue weighted by Gasteiger charge is -2.06. The summed E-state index contributed by atoms with van der Waals surface area (Å²) in [7, 11) is 0. The number of hydrogen-bond acceptors (Lipinski definition) is 2. The van der Waals surface area contributed by atoms with Gasteiger partial charge in [0, 0.05) is 17.7 Å². The fourth-order valence-electron chi connectivity index (χ4n) is 1.72. The lowest BCUT2D eigenvalue weighted by Crippen LogP contribution is -2.13. The van der Waals surface area contributed by atoms with Crippen LogP contribution in [-0.2, 0) is 0 Å². The predicted molar refractivity (Wildman–Crippen MR) is 79.4 cm³/mol. The van der Waals surface area contributed by atoms with Crippen molar-refractivity contribution in [1.29, 1.82) is 0 Å². The normalized spacial score (nSPS) is 9.62. The number of para-hydroxylation sites is 1. The van der Waals surface area contributed by atoms with Gasteiger partial charge in [-0.3, -0.25) is 4.79 Å². The van der Waals surface area contributed by atoms with Gasteiger partial charge >= 0.3 is 0 Å². The van der Waals surface area contributed by atoms with E-state index < -0.39 is 11.7 Å². The largest absolute Gasteiger partial charge is 0.395 e. The molecule has 0 unspecified atom stereocenters. The standard InChI is InChI=1S/C17H14FNO2/c18-16-10-9-13(6-4-5-11-20)12-15(16)17(21)19-14-7-2-1-3-8-14/h1-3,7-10,12,20H,5,11H2,(H,19,21). The van der Waals surface area contributed by atoms with Gasteiger partial charge in [-0.1, -0.05) is 30.0 Å². The zero-order chi connectivity index (χ0) is 15.1. The molecule has 0 heterocycles. The third kappa shape index (κ3) is 4.16. The molecule has 0 aliphatic rings. The van der Waals surface area contributed by atoms with Crippen molar-refractivity contribution >= 4 is 11.6 Å². The summed E-state index contributed by atoms with van der Waals surface area (Å²) in [5.41, 5.74) is 1.07. The van der Waals surface area contributed by atoms with Crippen molar-refractivity contribution in [3.63, 3.8) is 0 Å². The molecule has 1 amide bonds. The Hall–Kier alpha value is -2.64. The highest BCUT2D eigenvalue weighted by atomic mass is 19.1. The zero-order valence-corrected chi connectivity index (χ0v) is 11.3. The Kier molecular flexibility index (Phi) is 5.08. The van der Waals surface area contributed by atoms with Crippen molar-refractivity contribution in [2.45, 2.75) is 6.42 Å². The molecule has 2 rings (SSSR count). The Morgan fingerprint density at radius 2 is 1.95 bits per heavy atom. The molecule has 0 saturated heterocycles. The van der Waals surface area contributed by atoms with Crippen LogP contribution < -0.4 is 5.32 Å². The summed E-state index contributed by atoms with van der Waals surface area (Å²) >= 11 is 0.